The van der Waals surface area contributed by atoms with E-state index < -0.39 is 11.4 Å². The van der Waals surface area contributed by atoms with E-state index >= 15 is 0 Å². The van der Waals surface area contributed by atoms with Crippen molar-refractivity contribution in [1.29, 1.82) is 0 Å². The summed E-state index contributed by atoms with van der Waals surface area (Å²) in [7, 11) is 0. The number of carbonyl (C=O) groups is 1. The maximum Gasteiger partial charge on any atom is 0.339 e. The van der Waals surface area contributed by atoms with E-state index in [1.807, 2.05) is 30.3 Å². The molecule has 6 nitrogen and oxygen atoms in total. The fourth-order valence-electron chi connectivity index (χ4n) is 2.80. The van der Waals surface area contributed by atoms with Crippen molar-refractivity contribution in [2.45, 2.75) is 12.8 Å². The molecule has 0 bridgehead atoms. The van der Waals surface area contributed by atoms with Crippen molar-refractivity contribution in [3.63, 3.8) is 0 Å². The number of rotatable bonds is 5. The highest BCUT2D eigenvalue weighted by molar-refractivity contribution is 6.01. The molecule has 2 aromatic carbocycles. The molecule has 26 heavy (non-hydrogen) atoms. The second-order valence-electron chi connectivity index (χ2n) is 5.86. The lowest BCUT2D eigenvalue weighted by Gasteiger charge is -2.12. The average molecular weight is 352 g/mol. The fourth-order valence-corrected chi connectivity index (χ4v) is 2.80. The number of hydrogen-bond donors (Lipinski definition) is 3. The van der Waals surface area contributed by atoms with Crippen molar-refractivity contribution in [3.05, 3.63) is 87.5 Å². The lowest BCUT2D eigenvalue weighted by Crippen LogP contribution is -2.10. The Bertz CT molecular complexity index is 1000. The highest BCUT2D eigenvalue weighted by atomic mass is 16.4. The zero-order valence-corrected chi connectivity index (χ0v) is 13.7. The second-order valence-corrected chi connectivity index (χ2v) is 5.86. The first-order valence-corrected chi connectivity index (χ1v) is 7.87. The second kappa shape index (κ2) is 7.14. The van der Waals surface area contributed by atoms with Crippen LogP contribution >= 0.6 is 0 Å². The van der Waals surface area contributed by atoms with Crippen LogP contribution in [0.4, 0.5) is 0 Å². The number of ketones is 1. The Kier molecular flexibility index (Phi) is 4.75. The monoisotopic (exact) mass is 352 g/mol. The van der Waals surface area contributed by atoms with Crippen molar-refractivity contribution in [2.75, 3.05) is 0 Å². The Labute approximate surface area is 148 Å². The minimum atomic E-state index is -0.771. The maximum absolute atomic E-state index is 12.7. The van der Waals surface area contributed by atoms with Crippen LogP contribution in [0.5, 0.6) is 17.2 Å². The molecular formula is C20H16O6. The number of carbonyl (C=O) groups excluding carboxylic acids is 1. The molecule has 3 aromatic rings. The van der Waals surface area contributed by atoms with Crippen molar-refractivity contribution in [2.24, 2.45) is 0 Å². The van der Waals surface area contributed by atoms with Gasteiger partial charge in [-0.1, -0.05) is 30.3 Å². The summed E-state index contributed by atoms with van der Waals surface area (Å²) in [6.07, 6.45) is 0.0115. The molecule has 6 heteroatoms. The minimum absolute atomic E-state index is 0.0156. The first kappa shape index (κ1) is 17.3. The Morgan fingerprint density at radius 1 is 0.923 bits per heavy atom. The standard InChI is InChI=1S/C20H16O6/c21-14-7-13(6-12-4-2-1-3-5-12)20(17(23)9-14)18(24)11-16-8-15(22)10-19(25)26-16/h1-5,7-10,21-23H,6,11H2. The molecule has 0 aliphatic rings. The highest BCUT2D eigenvalue weighted by Crippen LogP contribution is 2.30. The molecule has 0 aliphatic carbocycles. The molecule has 1 aromatic heterocycles. The molecule has 132 valence electrons. The Hall–Kier alpha value is -3.54. The van der Waals surface area contributed by atoms with Gasteiger partial charge in [0.1, 0.15) is 23.0 Å². The third-order valence-corrected chi connectivity index (χ3v) is 3.84. The lowest BCUT2D eigenvalue weighted by atomic mass is 9.94. The van der Waals surface area contributed by atoms with E-state index in [9.17, 15) is 24.9 Å². The fraction of sp³-hybridized carbons (Fsp3) is 0.100. The zero-order chi connectivity index (χ0) is 18.7. The molecule has 3 rings (SSSR count). The van der Waals surface area contributed by atoms with Gasteiger partial charge in [-0.2, -0.15) is 0 Å². The molecule has 3 N–H and O–H groups in total. The van der Waals surface area contributed by atoms with Gasteiger partial charge in [0.2, 0.25) is 0 Å². The van der Waals surface area contributed by atoms with Crippen LogP contribution in [0.2, 0.25) is 0 Å². The number of aromatic hydroxyl groups is 3. The molecule has 0 saturated carbocycles. The highest BCUT2D eigenvalue weighted by Gasteiger charge is 2.20. The summed E-state index contributed by atoms with van der Waals surface area (Å²) >= 11 is 0. The number of benzene rings is 2. The van der Waals surface area contributed by atoms with Gasteiger partial charge in [-0.3, -0.25) is 4.79 Å². The van der Waals surface area contributed by atoms with Crippen molar-refractivity contribution in [1.82, 2.24) is 0 Å². The first-order chi connectivity index (χ1) is 12.4. The van der Waals surface area contributed by atoms with E-state index in [4.69, 9.17) is 4.42 Å². The quantitative estimate of drug-likeness (QED) is 0.610. The summed E-state index contributed by atoms with van der Waals surface area (Å²) in [5, 5.41) is 29.4. The molecule has 0 saturated heterocycles. The molecular weight excluding hydrogens is 336 g/mol. The zero-order valence-electron chi connectivity index (χ0n) is 13.7. The van der Waals surface area contributed by atoms with Crippen LogP contribution in [0.25, 0.3) is 0 Å². The van der Waals surface area contributed by atoms with Gasteiger partial charge in [0.15, 0.2) is 5.78 Å². The van der Waals surface area contributed by atoms with Gasteiger partial charge in [-0.05, 0) is 23.6 Å². The van der Waals surface area contributed by atoms with Gasteiger partial charge < -0.3 is 19.7 Å². The number of phenols is 2. The smallest absolute Gasteiger partial charge is 0.339 e. The number of phenolic OH excluding ortho intramolecular Hbond substituents is 2. The Morgan fingerprint density at radius 3 is 2.31 bits per heavy atom. The van der Waals surface area contributed by atoms with Crippen LogP contribution in [0.3, 0.4) is 0 Å². The van der Waals surface area contributed by atoms with E-state index in [1.54, 1.807) is 0 Å². The SMILES string of the molecule is O=C(Cc1cc(O)cc(=O)o1)c1c(O)cc(O)cc1Cc1ccccc1. The van der Waals surface area contributed by atoms with Crippen LogP contribution in [-0.2, 0) is 12.8 Å². The lowest BCUT2D eigenvalue weighted by molar-refractivity contribution is 0.0982. The van der Waals surface area contributed by atoms with Crippen molar-refractivity contribution >= 4 is 5.78 Å². The molecule has 0 radical (unpaired) electrons. The van der Waals surface area contributed by atoms with E-state index in [0.29, 0.717) is 12.0 Å². The Morgan fingerprint density at radius 2 is 1.62 bits per heavy atom. The van der Waals surface area contributed by atoms with E-state index in [-0.39, 0.29) is 35.0 Å². The van der Waals surface area contributed by atoms with Crippen LogP contribution in [0.15, 0.2) is 63.8 Å². The van der Waals surface area contributed by atoms with Gasteiger partial charge in [0, 0.05) is 12.1 Å². The van der Waals surface area contributed by atoms with Crippen LogP contribution in [0.1, 0.15) is 27.2 Å². The normalized spacial score (nSPS) is 10.6. The molecule has 0 aliphatic heterocycles. The van der Waals surface area contributed by atoms with Gasteiger partial charge in [0.05, 0.1) is 18.1 Å². The maximum atomic E-state index is 12.7. The van der Waals surface area contributed by atoms with Gasteiger partial charge in [-0.15, -0.1) is 0 Å². The first-order valence-electron chi connectivity index (χ1n) is 7.87. The van der Waals surface area contributed by atoms with E-state index in [2.05, 4.69) is 0 Å². The van der Waals surface area contributed by atoms with E-state index in [1.165, 1.54) is 12.1 Å². The van der Waals surface area contributed by atoms with Gasteiger partial charge >= 0.3 is 5.63 Å². The summed E-state index contributed by atoms with van der Waals surface area (Å²) in [6.45, 7) is 0. The molecule has 1 heterocycles. The van der Waals surface area contributed by atoms with E-state index in [0.717, 1.165) is 17.7 Å². The van der Waals surface area contributed by atoms with Crippen LogP contribution in [-0.4, -0.2) is 21.1 Å². The van der Waals surface area contributed by atoms with Gasteiger partial charge in [-0.25, -0.2) is 4.79 Å². The Balaban J connectivity index is 1.97. The minimum Gasteiger partial charge on any atom is -0.508 e. The molecule has 0 spiro atoms. The number of hydrogen-bond acceptors (Lipinski definition) is 6. The topological polar surface area (TPSA) is 108 Å². The summed E-state index contributed by atoms with van der Waals surface area (Å²) in [6, 6.07) is 13.9. The molecule has 0 unspecified atom stereocenters. The predicted molar refractivity (Wildman–Crippen MR) is 93.7 cm³/mol. The summed E-state index contributed by atoms with van der Waals surface area (Å²) in [5.41, 5.74) is 0.613. The summed E-state index contributed by atoms with van der Waals surface area (Å²) in [5.74, 6) is -1.33. The van der Waals surface area contributed by atoms with Crippen molar-refractivity contribution in [3.8, 4) is 17.2 Å². The third-order valence-electron chi connectivity index (χ3n) is 3.84. The van der Waals surface area contributed by atoms with Gasteiger partial charge in [0.25, 0.3) is 0 Å². The average Bonchev–Trinajstić information content (AvgIpc) is 2.54. The summed E-state index contributed by atoms with van der Waals surface area (Å²) < 4.78 is 4.90. The van der Waals surface area contributed by atoms with Crippen molar-refractivity contribution < 1.29 is 24.5 Å². The third kappa shape index (κ3) is 3.92. The van der Waals surface area contributed by atoms with Crippen LogP contribution < -0.4 is 5.63 Å². The molecule has 0 atom stereocenters. The molecule has 0 amide bonds. The van der Waals surface area contributed by atoms with Crippen LogP contribution in [0, 0.1) is 0 Å². The molecule has 0 fully saturated rings. The predicted octanol–water partition coefficient (Wildman–Crippen LogP) is 2.77. The largest absolute Gasteiger partial charge is 0.508 e. The number of Topliss-reactive ketones (excluding diaryl/α,β-unsaturated/α-hetero) is 1. The summed E-state index contributed by atoms with van der Waals surface area (Å²) in [4.78, 5) is 24.0.